The van der Waals surface area contributed by atoms with Gasteiger partial charge < -0.3 is 21.4 Å². The number of hydrogen-bond donors (Lipinski definition) is 4. The van der Waals surface area contributed by atoms with Gasteiger partial charge >= 0.3 is 0 Å². The second-order valence-electron chi connectivity index (χ2n) is 8.08. The molecule has 1 unspecified atom stereocenters. The van der Waals surface area contributed by atoms with Crippen molar-refractivity contribution in [3.8, 4) is 0 Å². The summed E-state index contributed by atoms with van der Waals surface area (Å²) < 4.78 is 28.7. The number of nitrogens with two attached hydrogens (primary N) is 2. The second-order valence-corrected chi connectivity index (χ2v) is 9.80. The Hall–Kier alpha value is -4.12. The zero-order valence-electron chi connectivity index (χ0n) is 19.4. The number of nitrogens with one attached hydrogen (secondary N) is 2. The molecule has 0 radical (unpaired) electrons. The Morgan fingerprint density at radius 1 is 1.03 bits per heavy atom. The lowest BCUT2D eigenvalue weighted by molar-refractivity contribution is -0.124. The lowest BCUT2D eigenvalue weighted by Crippen LogP contribution is -2.36. The summed E-state index contributed by atoms with van der Waals surface area (Å²) in [7, 11) is -3.83. The predicted octanol–water partition coefficient (Wildman–Crippen LogP) is 1.88. The molecule has 2 aromatic carbocycles. The van der Waals surface area contributed by atoms with Crippen molar-refractivity contribution in [1.29, 1.82) is 0 Å². The number of rotatable bonds is 9. The molecule has 0 saturated carbocycles. The van der Waals surface area contributed by atoms with Crippen LogP contribution in [0.15, 0.2) is 76.6 Å². The fourth-order valence-corrected chi connectivity index (χ4v) is 4.49. The first-order valence-electron chi connectivity index (χ1n) is 10.8. The van der Waals surface area contributed by atoms with Crippen molar-refractivity contribution in [3.05, 3.63) is 93.9 Å². The summed E-state index contributed by atoms with van der Waals surface area (Å²) >= 11 is 0. The molecule has 0 aliphatic carbocycles. The van der Waals surface area contributed by atoms with Crippen LogP contribution in [0.5, 0.6) is 0 Å². The van der Waals surface area contributed by atoms with Crippen LogP contribution in [-0.4, -0.2) is 24.9 Å². The summed E-state index contributed by atoms with van der Waals surface area (Å²) in [5.74, 6) is -0.732. The third-order valence-electron chi connectivity index (χ3n) is 5.18. The van der Waals surface area contributed by atoms with E-state index in [2.05, 4.69) is 15.0 Å². The maximum Gasteiger partial charge on any atom is 0.275 e. The molecule has 10 nitrogen and oxygen atoms in total. The highest BCUT2D eigenvalue weighted by atomic mass is 32.2. The van der Waals surface area contributed by atoms with Crippen LogP contribution in [0.2, 0.25) is 0 Å². The molecule has 0 saturated heterocycles. The lowest BCUT2D eigenvalue weighted by Gasteiger charge is -2.17. The number of sulfonamides is 1. The molecule has 0 fully saturated rings. The summed E-state index contributed by atoms with van der Waals surface area (Å²) in [6, 6.07) is 16.0. The third-order valence-corrected chi connectivity index (χ3v) is 6.42. The second kappa shape index (κ2) is 10.9. The molecule has 184 valence electrons. The molecule has 1 aromatic heterocycles. The number of nitrogens with zero attached hydrogens (tertiary/aromatic N) is 2. The number of amides is 1. The topological polar surface area (TPSA) is 162 Å². The first-order chi connectivity index (χ1) is 16.5. The molecule has 1 amide bonds. The highest BCUT2D eigenvalue weighted by molar-refractivity contribution is 7.91. The standard InChI is InChI=1S/C24H28N6O4S/c1-16-5-7-19(8-6-16)15-35(33,34)29-21-4-3-13-30(23(21)32)17(2)22(31)27-14-18-9-11-20(12-10-18)28-24(25)26/h3-13,17,29H,14-15H2,1-2H3,(H,27,31)(H4,25,26,28). The maximum absolute atomic E-state index is 12.9. The minimum Gasteiger partial charge on any atom is -0.370 e. The van der Waals surface area contributed by atoms with E-state index >= 15 is 0 Å². The highest BCUT2D eigenvalue weighted by Crippen LogP contribution is 2.14. The normalized spacial score (nSPS) is 11.9. The van der Waals surface area contributed by atoms with E-state index in [-0.39, 0.29) is 23.9 Å². The van der Waals surface area contributed by atoms with E-state index in [1.165, 1.54) is 22.9 Å². The molecule has 35 heavy (non-hydrogen) atoms. The van der Waals surface area contributed by atoms with Crippen molar-refractivity contribution in [2.75, 3.05) is 4.72 Å². The van der Waals surface area contributed by atoms with Gasteiger partial charge in [-0.1, -0.05) is 42.0 Å². The smallest absolute Gasteiger partial charge is 0.275 e. The van der Waals surface area contributed by atoms with E-state index in [4.69, 9.17) is 11.5 Å². The van der Waals surface area contributed by atoms with Gasteiger partial charge in [-0.25, -0.2) is 13.4 Å². The summed E-state index contributed by atoms with van der Waals surface area (Å²) in [4.78, 5) is 29.5. The number of aromatic nitrogens is 1. The van der Waals surface area contributed by atoms with Crippen molar-refractivity contribution in [3.63, 3.8) is 0 Å². The first kappa shape index (κ1) is 25.5. The average molecular weight is 497 g/mol. The largest absolute Gasteiger partial charge is 0.370 e. The molecular weight excluding hydrogens is 468 g/mol. The first-order valence-corrected chi connectivity index (χ1v) is 12.4. The monoisotopic (exact) mass is 496 g/mol. The highest BCUT2D eigenvalue weighted by Gasteiger charge is 2.19. The number of carbonyl (C=O) groups excluding carboxylic acids is 1. The van der Waals surface area contributed by atoms with Crippen molar-refractivity contribution in [1.82, 2.24) is 9.88 Å². The number of aryl methyl sites for hydroxylation is 1. The van der Waals surface area contributed by atoms with Gasteiger partial charge in [0, 0.05) is 12.7 Å². The number of carbonyl (C=O) groups is 1. The number of anilines is 1. The van der Waals surface area contributed by atoms with E-state index in [1.807, 2.05) is 19.1 Å². The van der Waals surface area contributed by atoms with Crippen molar-refractivity contribution < 1.29 is 13.2 Å². The molecule has 1 heterocycles. The van der Waals surface area contributed by atoms with E-state index in [0.717, 1.165) is 11.1 Å². The van der Waals surface area contributed by atoms with Crippen LogP contribution < -0.4 is 27.1 Å². The fraction of sp³-hybridized carbons (Fsp3) is 0.208. The van der Waals surface area contributed by atoms with Crippen LogP contribution in [0.1, 0.15) is 29.7 Å². The number of guanidine groups is 1. The number of hydrogen-bond acceptors (Lipinski definition) is 5. The summed E-state index contributed by atoms with van der Waals surface area (Å²) in [5, 5.41) is 2.77. The van der Waals surface area contributed by atoms with Gasteiger partial charge in [-0.2, -0.15) is 0 Å². The van der Waals surface area contributed by atoms with Gasteiger partial charge in [0.2, 0.25) is 15.9 Å². The molecular formula is C24H28N6O4S. The van der Waals surface area contributed by atoms with Gasteiger partial charge in [0.25, 0.3) is 5.56 Å². The Morgan fingerprint density at radius 3 is 2.29 bits per heavy atom. The summed E-state index contributed by atoms with van der Waals surface area (Å²) in [6.45, 7) is 3.69. The van der Waals surface area contributed by atoms with Gasteiger partial charge in [-0.15, -0.1) is 0 Å². The van der Waals surface area contributed by atoms with E-state index in [0.29, 0.717) is 11.3 Å². The number of benzene rings is 2. The van der Waals surface area contributed by atoms with Crippen LogP contribution in [0, 0.1) is 6.92 Å². The summed E-state index contributed by atoms with van der Waals surface area (Å²) in [6.07, 6.45) is 1.44. The SMILES string of the molecule is Cc1ccc(CS(=O)(=O)Nc2cccn(C(C)C(=O)NCc3ccc(N=C(N)N)cc3)c2=O)cc1. The van der Waals surface area contributed by atoms with Crippen molar-refractivity contribution in [2.24, 2.45) is 16.5 Å². The molecule has 1 atom stereocenters. The Balaban J connectivity index is 1.67. The predicted molar refractivity (Wildman–Crippen MR) is 137 cm³/mol. The minimum absolute atomic E-state index is 0.0509. The Labute approximate surface area is 203 Å². The zero-order valence-corrected chi connectivity index (χ0v) is 20.2. The van der Waals surface area contributed by atoms with Gasteiger partial charge in [-0.3, -0.25) is 14.3 Å². The quantitative estimate of drug-likeness (QED) is 0.261. The minimum atomic E-state index is -3.83. The van der Waals surface area contributed by atoms with Gasteiger partial charge in [0.05, 0.1) is 11.4 Å². The molecule has 6 N–H and O–H groups in total. The molecule has 0 bridgehead atoms. The lowest BCUT2D eigenvalue weighted by atomic mass is 10.2. The van der Waals surface area contributed by atoms with E-state index in [1.54, 1.807) is 43.3 Å². The molecule has 0 spiro atoms. The molecule has 0 aliphatic rings. The van der Waals surface area contributed by atoms with Crippen molar-refractivity contribution in [2.45, 2.75) is 32.2 Å². The molecule has 11 heteroatoms. The van der Waals surface area contributed by atoms with Crippen LogP contribution in [-0.2, 0) is 27.1 Å². The zero-order chi connectivity index (χ0) is 25.6. The number of aliphatic imine (C=N–C) groups is 1. The Bertz CT molecular complexity index is 1380. The van der Waals surface area contributed by atoms with Gasteiger partial charge in [0.1, 0.15) is 11.7 Å². The van der Waals surface area contributed by atoms with Crippen molar-refractivity contribution >= 4 is 33.3 Å². The Morgan fingerprint density at radius 2 is 1.66 bits per heavy atom. The Kier molecular flexibility index (Phi) is 7.92. The van der Waals surface area contributed by atoms with Gasteiger partial charge in [0.15, 0.2) is 5.96 Å². The van der Waals surface area contributed by atoms with Crippen LogP contribution in [0.3, 0.4) is 0 Å². The molecule has 0 aliphatic heterocycles. The van der Waals surface area contributed by atoms with Crippen LogP contribution in [0.4, 0.5) is 11.4 Å². The third kappa shape index (κ3) is 7.18. The van der Waals surface area contributed by atoms with E-state index < -0.39 is 27.5 Å². The molecule has 3 aromatic rings. The maximum atomic E-state index is 12.9. The summed E-state index contributed by atoms with van der Waals surface area (Å²) in [5.41, 5.74) is 13.0. The van der Waals surface area contributed by atoms with Gasteiger partial charge in [-0.05, 0) is 49.2 Å². The average Bonchev–Trinajstić information content (AvgIpc) is 2.80. The van der Waals surface area contributed by atoms with E-state index in [9.17, 15) is 18.0 Å². The van der Waals surface area contributed by atoms with Crippen LogP contribution >= 0.6 is 0 Å². The number of pyridine rings is 1. The fourth-order valence-electron chi connectivity index (χ4n) is 3.30. The molecule has 3 rings (SSSR count). The van der Waals surface area contributed by atoms with Crippen LogP contribution in [0.25, 0.3) is 0 Å².